The van der Waals surface area contributed by atoms with Gasteiger partial charge in [0.1, 0.15) is 5.75 Å². The Morgan fingerprint density at radius 3 is 2.64 bits per heavy atom. The van der Waals surface area contributed by atoms with Crippen LogP contribution >= 0.6 is 11.8 Å². The summed E-state index contributed by atoms with van der Waals surface area (Å²) in [5.41, 5.74) is 2.24. The van der Waals surface area contributed by atoms with Crippen LogP contribution in [0.5, 0.6) is 17.2 Å². The smallest absolute Gasteiger partial charge is 0.173 e. The minimum Gasteiger partial charge on any atom is -0.504 e. The van der Waals surface area contributed by atoms with Crippen molar-refractivity contribution in [3.8, 4) is 17.2 Å². The van der Waals surface area contributed by atoms with Gasteiger partial charge in [0.15, 0.2) is 17.3 Å². The zero-order valence-corrected chi connectivity index (χ0v) is 14.6. The van der Waals surface area contributed by atoms with E-state index in [9.17, 15) is 15.0 Å². The van der Waals surface area contributed by atoms with Crippen LogP contribution in [-0.2, 0) is 0 Å². The zero-order chi connectivity index (χ0) is 18.0. The Morgan fingerprint density at radius 2 is 1.92 bits per heavy atom. The third-order valence-corrected chi connectivity index (χ3v) is 4.76. The third-order valence-electron chi connectivity index (χ3n) is 3.85. The number of aromatic hydroxyl groups is 2. The predicted molar refractivity (Wildman–Crippen MR) is 97.9 cm³/mol. The van der Waals surface area contributed by atoms with E-state index < -0.39 is 0 Å². The molecule has 0 amide bonds. The molecule has 6 heteroatoms. The predicted octanol–water partition coefficient (Wildman–Crippen LogP) is 3.94. The molecule has 128 valence electrons. The largest absolute Gasteiger partial charge is 0.504 e. The van der Waals surface area contributed by atoms with E-state index in [-0.39, 0.29) is 23.0 Å². The van der Waals surface area contributed by atoms with Crippen molar-refractivity contribution in [2.45, 2.75) is 11.9 Å². The normalized spacial score (nSPS) is 10.8. The maximum absolute atomic E-state index is 12.3. The van der Waals surface area contributed by atoms with Crippen LogP contribution in [-0.4, -0.2) is 33.8 Å². The van der Waals surface area contributed by atoms with Crippen molar-refractivity contribution in [3.63, 3.8) is 0 Å². The number of ketones is 1. The van der Waals surface area contributed by atoms with Gasteiger partial charge in [-0.15, -0.1) is 0 Å². The number of Topliss-reactive ketones (excluding diaryl/α,β-unsaturated/α-hetero) is 1. The monoisotopic (exact) mass is 355 g/mol. The summed E-state index contributed by atoms with van der Waals surface area (Å²) >= 11 is 1.33. The Labute approximate surface area is 149 Å². The topological polar surface area (TPSA) is 79.7 Å². The van der Waals surface area contributed by atoms with Crippen molar-refractivity contribution in [3.05, 3.63) is 53.6 Å². The van der Waals surface area contributed by atoms with Gasteiger partial charge in [-0.2, -0.15) is 0 Å². The molecule has 2 N–H and O–H groups in total. The van der Waals surface area contributed by atoms with Crippen molar-refractivity contribution >= 4 is 28.4 Å². The molecule has 1 aromatic heterocycles. The average Bonchev–Trinajstić information content (AvgIpc) is 2.61. The number of fused-ring (bicyclic) bond motifs is 1. The summed E-state index contributed by atoms with van der Waals surface area (Å²) in [6, 6.07) is 11.7. The Hall–Kier alpha value is -2.73. The van der Waals surface area contributed by atoms with Crippen LogP contribution in [0.25, 0.3) is 10.9 Å². The molecule has 3 rings (SSSR count). The van der Waals surface area contributed by atoms with E-state index in [1.54, 1.807) is 7.11 Å². The molecule has 0 fully saturated rings. The van der Waals surface area contributed by atoms with Crippen LogP contribution < -0.4 is 4.74 Å². The highest BCUT2D eigenvalue weighted by Gasteiger charge is 2.11. The van der Waals surface area contributed by atoms with Gasteiger partial charge >= 0.3 is 0 Å². The number of pyridine rings is 1. The molecule has 0 aliphatic carbocycles. The maximum Gasteiger partial charge on any atom is 0.173 e. The number of methoxy groups -OCH3 is 1. The van der Waals surface area contributed by atoms with Crippen molar-refractivity contribution < 1.29 is 19.7 Å². The Bertz CT molecular complexity index is 956. The van der Waals surface area contributed by atoms with Gasteiger partial charge in [0.2, 0.25) is 0 Å². The summed E-state index contributed by atoms with van der Waals surface area (Å²) < 4.78 is 5.23. The van der Waals surface area contributed by atoms with Gasteiger partial charge in [0, 0.05) is 17.0 Å². The van der Waals surface area contributed by atoms with E-state index in [2.05, 4.69) is 4.98 Å². The van der Waals surface area contributed by atoms with E-state index in [0.717, 1.165) is 27.2 Å². The van der Waals surface area contributed by atoms with E-state index in [1.165, 1.54) is 30.0 Å². The van der Waals surface area contributed by atoms with Crippen molar-refractivity contribution in [1.82, 2.24) is 4.98 Å². The number of aromatic nitrogens is 1. The summed E-state index contributed by atoms with van der Waals surface area (Å²) in [4.78, 5) is 16.9. The quantitative estimate of drug-likeness (QED) is 0.410. The highest BCUT2D eigenvalue weighted by Crippen LogP contribution is 2.28. The number of aryl methyl sites for hydroxylation is 1. The standard InChI is InChI=1S/C19H17NO4S/c1-11-7-19(20-15-9-13(24-2)4-5-14(11)15)25-10-18(23)12-3-6-16(21)17(22)8-12/h3-9,21-22H,10H2,1-2H3. The second-order valence-electron chi connectivity index (χ2n) is 5.58. The molecule has 0 saturated heterocycles. The second-order valence-corrected chi connectivity index (χ2v) is 6.57. The fourth-order valence-electron chi connectivity index (χ4n) is 2.47. The summed E-state index contributed by atoms with van der Waals surface area (Å²) in [6.45, 7) is 2.00. The number of carbonyl (C=O) groups is 1. The van der Waals surface area contributed by atoms with Crippen molar-refractivity contribution in [1.29, 1.82) is 0 Å². The van der Waals surface area contributed by atoms with Crippen LogP contribution in [0.3, 0.4) is 0 Å². The molecular weight excluding hydrogens is 338 g/mol. The first-order valence-electron chi connectivity index (χ1n) is 7.61. The van der Waals surface area contributed by atoms with Gasteiger partial charge in [-0.05, 0) is 48.9 Å². The molecule has 0 spiro atoms. The van der Waals surface area contributed by atoms with Gasteiger partial charge in [0.25, 0.3) is 0 Å². The Balaban J connectivity index is 1.80. The molecule has 0 bridgehead atoms. The zero-order valence-electron chi connectivity index (χ0n) is 13.8. The van der Waals surface area contributed by atoms with E-state index in [1.807, 2.05) is 31.2 Å². The molecule has 5 nitrogen and oxygen atoms in total. The molecule has 2 aromatic carbocycles. The number of ether oxygens (including phenoxy) is 1. The lowest BCUT2D eigenvalue weighted by atomic mass is 10.1. The van der Waals surface area contributed by atoms with E-state index in [0.29, 0.717) is 5.56 Å². The lowest BCUT2D eigenvalue weighted by molar-refractivity contribution is 0.102. The molecular formula is C19H17NO4S. The number of carbonyl (C=O) groups excluding carboxylic acids is 1. The van der Waals surface area contributed by atoms with Crippen molar-refractivity contribution in [2.75, 3.05) is 12.9 Å². The number of phenolic OH excluding ortho intramolecular Hbond substituents is 2. The van der Waals surface area contributed by atoms with Gasteiger partial charge < -0.3 is 14.9 Å². The molecule has 0 aliphatic heterocycles. The number of phenols is 2. The number of benzene rings is 2. The highest BCUT2D eigenvalue weighted by molar-refractivity contribution is 7.99. The first-order valence-corrected chi connectivity index (χ1v) is 8.60. The lowest BCUT2D eigenvalue weighted by Crippen LogP contribution is -2.02. The van der Waals surface area contributed by atoms with Gasteiger partial charge in [0.05, 0.1) is 23.4 Å². The summed E-state index contributed by atoms with van der Waals surface area (Å²) in [6.07, 6.45) is 0. The molecule has 0 aliphatic rings. The van der Waals surface area contributed by atoms with Crippen LogP contribution in [0.4, 0.5) is 0 Å². The average molecular weight is 355 g/mol. The number of thioether (sulfide) groups is 1. The third kappa shape index (κ3) is 3.69. The number of nitrogens with zero attached hydrogens (tertiary/aromatic N) is 1. The van der Waals surface area contributed by atoms with Crippen LogP contribution in [0.1, 0.15) is 15.9 Å². The minimum atomic E-state index is -0.303. The summed E-state index contributed by atoms with van der Waals surface area (Å²) in [5, 5.41) is 20.6. The lowest BCUT2D eigenvalue weighted by Gasteiger charge is -2.08. The van der Waals surface area contributed by atoms with E-state index in [4.69, 9.17) is 4.74 Å². The fourth-order valence-corrected chi connectivity index (χ4v) is 3.34. The molecule has 25 heavy (non-hydrogen) atoms. The van der Waals surface area contributed by atoms with Crippen LogP contribution in [0.2, 0.25) is 0 Å². The van der Waals surface area contributed by atoms with Gasteiger partial charge in [-0.1, -0.05) is 11.8 Å². The molecule has 0 atom stereocenters. The minimum absolute atomic E-state index is 0.148. The Kier molecular flexibility index (Phi) is 4.81. The summed E-state index contributed by atoms with van der Waals surface area (Å²) in [7, 11) is 1.61. The molecule has 0 saturated carbocycles. The summed E-state index contributed by atoms with van der Waals surface area (Å²) in [5.74, 6) is 0.224. The fraction of sp³-hybridized carbons (Fsp3) is 0.158. The molecule has 0 unspecified atom stereocenters. The Morgan fingerprint density at radius 1 is 1.12 bits per heavy atom. The molecule has 1 heterocycles. The SMILES string of the molecule is COc1ccc2c(C)cc(SCC(=O)c3ccc(O)c(O)c3)nc2c1. The first-order chi connectivity index (χ1) is 12.0. The first kappa shape index (κ1) is 17.1. The number of hydrogen-bond acceptors (Lipinski definition) is 6. The van der Waals surface area contributed by atoms with Gasteiger partial charge in [-0.25, -0.2) is 4.98 Å². The second kappa shape index (κ2) is 7.03. The van der Waals surface area contributed by atoms with Crippen LogP contribution in [0, 0.1) is 6.92 Å². The number of hydrogen-bond donors (Lipinski definition) is 2. The molecule has 3 aromatic rings. The van der Waals surface area contributed by atoms with Crippen molar-refractivity contribution in [2.24, 2.45) is 0 Å². The number of rotatable bonds is 5. The van der Waals surface area contributed by atoms with E-state index >= 15 is 0 Å². The highest BCUT2D eigenvalue weighted by atomic mass is 32.2. The maximum atomic E-state index is 12.3. The molecule has 0 radical (unpaired) electrons. The van der Waals surface area contributed by atoms with Crippen LogP contribution in [0.15, 0.2) is 47.5 Å². The van der Waals surface area contributed by atoms with Gasteiger partial charge in [-0.3, -0.25) is 4.79 Å².